The predicted molar refractivity (Wildman–Crippen MR) is 83.3 cm³/mol. The molecule has 1 aliphatic heterocycles. The normalized spacial score (nSPS) is 13.1. The minimum atomic E-state index is -0.368. The number of anilines is 2. The van der Waals surface area contributed by atoms with Crippen LogP contribution in [0.2, 0.25) is 0 Å². The molecule has 2 aromatic carbocycles. The van der Waals surface area contributed by atoms with Gasteiger partial charge in [-0.2, -0.15) is 0 Å². The number of fused-ring (bicyclic) bond motifs is 1. The summed E-state index contributed by atoms with van der Waals surface area (Å²) in [5.41, 5.74) is 2.47. The summed E-state index contributed by atoms with van der Waals surface area (Å²) in [7, 11) is 3.01. The molecule has 5 nitrogen and oxygen atoms in total. The lowest BCUT2D eigenvalue weighted by Gasteiger charge is -2.31. The Morgan fingerprint density at radius 3 is 2.59 bits per heavy atom. The van der Waals surface area contributed by atoms with Crippen molar-refractivity contribution in [3.63, 3.8) is 0 Å². The van der Waals surface area contributed by atoms with Gasteiger partial charge in [-0.3, -0.25) is 0 Å². The molecular formula is C17H17NO4. The van der Waals surface area contributed by atoms with Crippen molar-refractivity contribution in [3.05, 3.63) is 48.0 Å². The molecule has 0 N–H and O–H groups in total. The maximum Gasteiger partial charge on any atom is 0.337 e. The van der Waals surface area contributed by atoms with Gasteiger partial charge in [-0.15, -0.1) is 0 Å². The molecule has 0 atom stereocenters. The van der Waals surface area contributed by atoms with Crippen molar-refractivity contribution in [1.82, 2.24) is 0 Å². The largest absolute Gasteiger partial charge is 0.497 e. The summed E-state index contributed by atoms with van der Waals surface area (Å²) in [5.74, 6) is 1.14. The third kappa shape index (κ3) is 2.57. The van der Waals surface area contributed by atoms with Crippen molar-refractivity contribution in [1.29, 1.82) is 0 Å². The van der Waals surface area contributed by atoms with Gasteiger partial charge in [-0.05, 0) is 42.5 Å². The van der Waals surface area contributed by atoms with Crippen LogP contribution in [0, 0.1) is 0 Å². The Hall–Kier alpha value is -2.69. The molecule has 2 aromatic rings. The summed E-state index contributed by atoms with van der Waals surface area (Å²) >= 11 is 0. The lowest BCUT2D eigenvalue weighted by atomic mass is 10.1. The SMILES string of the molecule is COC(=O)c1ccc2c(c1)OCCN2c1ccc(OC)cc1. The Balaban J connectivity index is 1.95. The number of benzene rings is 2. The number of ether oxygens (including phenoxy) is 3. The quantitative estimate of drug-likeness (QED) is 0.815. The van der Waals surface area contributed by atoms with Crippen molar-refractivity contribution in [3.8, 4) is 11.5 Å². The Kier molecular flexibility index (Phi) is 3.87. The second kappa shape index (κ2) is 5.97. The molecular weight excluding hydrogens is 282 g/mol. The van der Waals surface area contributed by atoms with Gasteiger partial charge in [0, 0.05) is 5.69 Å². The van der Waals surface area contributed by atoms with Crippen LogP contribution in [0.25, 0.3) is 0 Å². The van der Waals surface area contributed by atoms with Gasteiger partial charge in [0.2, 0.25) is 0 Å². The van der Waals surface area contributed by atoms with E-state index >= 15 is 0 Å². The highest BCUT2D eigenvalue weighted by atomic mass is 16.5. The minimum absolute atomic E-state index is 0.368. The second-order valence-electron chi connectivity index (χ2n) is 4.87. The third-order valence-electron chi connectivity index (χ3n) is 3.63. The monoisotopic (exact) mass is 299 g/mol. The van der Waals surface area contributed by atoms with Crippen molar-refractivity contribution < 1.29 is 19.0 Å². The van der Waals surface area contributed by atoms with E-state index in [0.29, 0.717) is 17.9 Å². The van der Waals surface area contributed by atoms with E-state index < -0.39 is 0 Å². The van der Waals surface area contributed by atoms with Crippen LogP contribution < -0.4 is 14.4 Å². The van der Waals surface area contributed by atoms with E-state index in [1.165, 1.54) is 7.11 Å². The maximum absolute atomic E-state index is 11.6. The second-order valence-corrected chi connectivity index (χ2v) is 4.87. The van der Waals surface area contributed by atoms with E-state index in [4.69, 9.17) is 14.2 Å². The van der Waals surface area contributed by atoms with E-state index in [-0.39, 0.29) is 5.97 Å². The molecule has 0 aromatic heterocycles. The van der Waals surface area contributed by atoms with Gasteiger partial charge in [0.15, 0.2) is 0 Å². The molecule has 1 heterocycles. The molecule has 1 aliphatic rings. The molecule has 0 fully saturated rings. The summed E-state index contributed by atoms with van der Waals surface area (Å²) in [6, 6.07) is 13.2. The molecule has 114 valence electrons. The highest BCUT2D eigenvalue weighted by Crippen LogP contribution is 2.37. The van der Waals surface area contributed by atoms with Crippen LogP contribution in [0.3, 0.4) is 0 Å². The third-order valence-corrected chi connectivity index (χ3v) is 3.63. The van der Waals surface area contributed by atoms with Gasteiger partial charge >= 0.3 is 5.97 Å². The maximum atomic E-state index is 11.6. The first-order valence-corrected chi connectivity index (χ1v) is 6.99. The number of hydrogen-bond donors (Lipinski definition) is 0. The van der Waals surface area contributed by atoms with E-state index in [1.807, 2.05) is 30.3 Å². The smallest absolute Gasteiger partial charge is 0.337 e. The Morgan fingerprint density at radius 1 is 1.14 bits per heavy atom. The Labute approximate surface area is 129 Å². The first-order valence-electron chi connectivity index (χ1n) is 6.99. The fourth-order valence-corrected chi connectivity index (χ4v) is 2.50. The Bertz CT molecular complexity index is 682. The lowest BCUT2D eigenvalue weighted by Crippen LogP contribution is -2.28. The van der Waals surface area contributed by atoms with E-state index in [1.54, 1.807) is 19.2 Å². The highest BCUT2D eigenvalue weighted by Gasteiger charge is 2.21. The number of methoxy groups -OCH3 is 2. The molecule has 5 heteroatoms. The highest BCUT2D eigenvalue weighted by molar-refractivity contribution is 5.91. The van der Waals surface area contributed by atoms with Gasteiger partial charge in [0.1, 0.15) is 18.1 Å². The number of carbonyl (C=O) groups excluding carboxylic acids is 1. The van der Waals surface area contributed by atoms with Crippen LogP contribution in [0.4, 0.5) is 11.4 Å². The van der Waals surface area contributed by atoms with Crippen molar-refractivity contribution in [2.75, 3.05) is 32.3 Å². The number of carbonyl (C=O) groups is 1. The van der Waals surface area contributed by atoms with Gasteiger partial charge in [-0.1, -0.05) is 0 Å². The fourth-order valence-electron chi connectivity index (χ4n) is 2.50. The molecule has 0 spiro atoms. The van der Waals surface area contributed by atoms with Crippen molar-refractivity contribution >= 4 is 17.3 Å². The van der Waals surface area contributed by atoms with Gasteiger partial charge in [0.05, 0.1) is 32.0 Å². The molecule has 0 saturated heterocycles. The number of hydrogen-bond acceptors (Lipinski definition) is 5. The number of esters is 1. The van der Waals surface area contributed by atoms with E-state index in [0.717, 1.165) is 23.7 Å². The minimum Gasteiger partial charge on any atom is -0.497 e. The summed E-state index contributed by atoms with van der Waals surface area (Å²) in [6.45, 7) is 1.31. The molecule has 0 bridgehead atoms. The standard InChI is InChI=1S/C17H17NO4/c1-20-14-6-4-13(5-7-14)18-9-10-22-16-11-12(17(19)21-2)3-8-15(16)18/h3-8,11H,9-10H2,1-2H3. The number of rotatable bonds is 3. The number of nitrogens with zero attached hydrogens (tertiary/aromatic N) is 1. The van der Waals surface area contributed by atoms with E-state index in [2.05, 4.69) is 4.90 Å². The molecule has 0 saturated carbocycles. The van der Waals surface area contributed by atoms with Crippen LogP contribution in [-0.2, 0) is 4.74 Å². The topological polar surface area (TPSA) is 48.0 Å². The first kappa shape index (κ1) is 14.3. The van der Waals surface area contributed by atoms with Crippen LogP contribution in [-0.4, -0.2) is 33.3 Å². The predicted octanol–water partition coefficient (Wildman–Crippen LogP) is 3.01. The average molecular weight is 299 g/mol. The Morgan fingerprint density at radius 2 is 1.91 bits per heavy atom. The first-order chi connectivity index (χ1) is 10.7. The average Bonchev–Trinajstić information content (AvgIpc) is 2.60. The summed E-state index contributed by atoms with van der Waals surface area (Å²) in [4.78, 5) is 13.8. The van der Waals surface area contributed by atoms with E-state index in [9.17, 15) is 4.79 Å². The molecule has 0 amide bonds. The zero-order chi connectivity index (χ0) is 15.5. The molecule has 0 aliphatic carbocycles. The van der Waals surface area contributed by atoms with Gasteiger partial charge < -0.3 is 19.1 Å². The summed E-state index contributed by atoms with van der Waals surface area (Å²) in [5, 5.41) is 0. The van der Waals surface area contributed by atoms with Gasteiger partial charge in [0.25, 0.3) is 0 Å². The fraction of sp³-hybridized carbons (Fsp3) is 0.235. The van der Waals surface area contributed by atoms with Crippen LogP contribution in [0.5, 0.6) is 11.5 Å². The zero-order valence-electron chi connectivity index (χ0n) is 12.5. The van der Waals surface area contributed by atoms with Crippen molar-refractivity contribution in [2.24, 2.45) is 0 Å². The summed E-state index contributed by atoms with van der Waals surface area (Å²) < 4.78 is 15.6. The van der Waals surface area contributed by atoms with Gasteiger partial charge in [-0.25, -0.2) is 4.79 Å². The molecule has 0 unspecified atom stereocenters. The molecule has 22 heavy (non-hydrogen) atoms. The van der Waals surface area contributed by atoms with Crippen molar-refractivity contribution in [2.45, 2.75) is 0 Å². The zero-order valence-corrected chi connectivity index (χ0v) is 12.5. The lowest BCUT2D eigenvalue weighted by molar-refractivity contribution is 0.0600. The van der Waals surface area contributed by atoms with Crippen LogP contribution in [0.15, 0.2) is 42.5 Å². The van der Waals surface area contributed by atoms with Crippen LogP contribution >= 0.6 is 0 Å². The molecule has 3 rings (SSSR count). The summed E-state index contributed by atoms with van der Waals surface area (Å²) in [6.07, 6.45) is 0. The van der Waals surface area contributed by atoms with Crippen LogP contribution in [0.1, 0.15) is 10.4 Å². The molecule has 0 radical (unpaired) electrons.